The number of carbonyl (C=O) groups is 1. The predicted octanol–water partition coefficient (Wildman–Crippen LogP) is 3.10. The molecule has 1 N–H and O–H groups in total. The summed E-state index contributed by atoms with van der Waals surface area (Å²) in [4.78, 5) is 17.7. The molecule has 22 heavy (non-hydrogen) atoms. The maximum absolute atomic E-state index is 11.0. The standard InChI is InChI=1S/C18H23N3O/c1-14(12-18-6-4-5-11-19-18)21(3)13-16-7-9-17(10-8-16)20-15(2)22/h4-11,14H,12-13H2,1-3H3,(H,20,22)/t14-/m0/s1. The molecule has 2 rings (SSSR count). The van der Waals surface area contributed by atoms with Crippen LogP contribution in [-0.2, 0) is 17.8 Å². The van der Waals surface area contributed by atoms with Gasteiger partial charge in [0.05, 0.1) is 0 Å². The van der Waals surface area contributed by atoms with Crippen LogP contribution in [0.25, 0.3) is 0 Å². The van der Waals surface area contributed by atoms with Crippen LogP contribution in [-0.4, -0.2) is 28.9 Å². The molecule has 0 spiro atoms. The van der Waals surface area contributed by atoms with Gasteiger partial charge >= 0.3 is 0 Å². The van der Waals surface area contributed by atoms with E-state index in [1.54, 1.807) is 0 Å². The van der Waals surface area contributed by atoms with E-state index < -0.39 is 0 Å². The molecule has 0 bridgehead atoms. The minimum atomic E-state index is -0.0474. The minimum absolute atomic E-state index is 0.0474. The van der Waals surface area contributed by atoms with Gasteiger partial charge in [-0.3, -0.25) is 14.7 Å². The fourth-order valence-corrected chi connectivity index (χ4v) is 2.32. The molecule has 1 aromatic carbocycles. The molecule has 1 amide bonds. The van der Waals surface area contributed by atoms with Gasteiger partial charge in [-0.25, -0.2) is 0 Å². The molecule has 2 aromatic rings. The molecular weight excluding hydrogens is 274 g/mol. The van der Waals surface area contributed by atoms with Crippen molar-refractivity contribution in [2.75, 3.05) is 12.4 Å². The van der Waals surface area contributed by atoms with Crippen LogP contribution in [0.3, 0.4) is 0 Å². The number of hydrogen-bond acceptors (Lipinski definition) is 3. The van der Waals surface area contributed by atoms with Crippen LogP contribution in [0.15, 0.2) is 48.7 Å². The van der Waals surface area contributed by atoms with E-state index in [4.69, 9.17) is 0 Å². The predicted molar refractivity (Wildman–Crippen MR) is 89.6 cm³/mol. The van der Waals surface area contributed by atoms with Gasteiger partial charge < -0.3 is 5.32 Å². The first-order valence-corrected chi connectivity index (χ1v) is 7.51. The third-order valence-electron chi connectivity index (χ3n) is 3.69. The van der Waals surface area contributed by atoms with Crippen molar-refractivity contribution in [2.24, 2.45) is 0 Å². The second-order valence-corrected chi connectivity index (χ2v) is 5.67. The Morgan fingerprint density at radius 1 is 1.23 bits per heavy atom. The summed E-state index contributed by atoms with van der Waals surface area (Å²) in [5.41, 5.74) is 3.17. The molecule has 1 aromatic heterocycles. The highest BCUT2D eigenvalue weighted by molar-refractivity contribution is 5.88. The highest BCUT2D eigenvalue weighted by Crippen LogP contribution is 2.13. The Morgan fingerprint density at radius 3 is 2.55 bits per heavy atom. The molecule has 1 heterocycles. The van der Waals surface area contributed by atoms with E-state index in [0.29, 0.717) is 6.04 Å². The van der Waals surface area contributed by atoms with Crippen molar-refractivity contribution >= 4 is 11.6 Å². The molecule has 0 unspecified atom stereocenters. The first-order valence-electron chi connectivity index (χ1n) is 7.51. The van der Waals surface area contributed by atoms with E-state index in [1.807, 2.05) is 30.5 Å². The van der Waals surface area contributed by atoms with Gasteiger partial charge in [0.2, 0.25) is 5.91 Å². The van der Waals surface area contributed by atoms with Crippen LogP contribution in [0.1, 0.15) is 25.1 Å². The summed E-state index contributed by atoms with van der Waals surface area (Å²) in [6.07, 6.45) is 2.77. The number of benzene rings is 1. The van der Waals surface area contributed by atoms with Gasteiger partial charge in [0.15, 0.2) is 0 Å². The average molecular weight is 297 g/mol. The zero-order valence-corrected chi connectivity index (χ0v) is 13.4. The first-order chi connectivity index (χ1) is 10.5. The van der Waals surface area contributed by atoms with Crippen molar-refractivity contribution in [1.29, 1.82) is 0 Å². The van der Waals surface area contributed by atoms with Crippen LogP contribution >= 0.6 is 0 Å². The lowest BCUT2D eigenvalue weighted by molar-refractivity contribution is -0.114. The van der Waals surface area contributed by atoms with Gasteiger partial charge in [-0.15, -0.1) is 0 Å². The third-order valence-corrected chi connectivity index (χ3v) is 3.69. The largest absolute Gasteiger partial charge is 0.326 e. The number of hydrogen-bond donors (Lipinski definition) is 1. The van der Waals surface area contributed by atoms with Crippen molar-refractivity contribution < 1.29 is 4.79 Å². The second kappa shape index (κ2) is 7.71. The van der Waals surface area contributed by atoms with Gasteiger partial charge in [-0.2, -0.15) is 0 Å². The Hall–Kier alpha value is -2.20. The van der Waals surface area contributed by atoms with E-state index in [1.165, 1.54) is 12.5 Å². The van der Waals surface area contributed by atoms with Gasteiger partial charge in [0.1, 0.15) is 0 Å². The quantitative estimate of drug-likeness (QED) is 0.891. The van der Waals surface area contributed by atoms with Crippen molar-refractivity contribution in [1.82, 2.24) is 9.88 Å². The molecule has 0 fully saturated rings. The van der Waals surface area contributed by atoms with Gasteiger partial charge in [-0.05, 0) is 43.8 Å². The number of amides is 1. The lowest BCUT2D eigenvalue weighted by atomic mass is 10.1. The van der Waals surface area contributed by atoms with Crippen LogP contribution in [0.5, 0.6) is 0 Å². The molecule has 0 radical (unpaired) electrons. The number of rotatable bonds is 6. The Balaban J connectivity index is 1.90. The summed E-state index contributed by atoms with van der Waals surface area (Å²) in [7, 11) is 2.12. The summed E-state index contributed by atoms with van der Waals surface area (Å²) in [6.45, 7) is 4.59. The lowest BCUT2D eigenvalue weighted by Gasteiger charge is -2.24. The summed E-state index contributed by atoms with van der Waals surface area (Å²) in [5, 5.41) is 2.78. The van der Waals surface area contributed by atoms with Crippen LogP contribution in [0, 0.1) is 0 Å². The number of nitrogens with zero attached hydrogens (tertiary/aromatic N) is 2. The smallest absolute Gasteiger partial charge is 0.221 e. The molecular formula is C18H23N3O. The van der Waals surface area contributed by atoms with Crippen molar-refractivity contribution in [3.8, 4) is 0 Å². The van der Waals surface area contributed by atoms with E-state index in [0.717, 1.165) is 24.3 Å². The van der Waals surface area contributed by atoms with E-state index in [-0.39, 0.29) is 5.91 Å². The van der Waals surface area contributed by atoms with Gasteiger partial charge in [-0.1, -0.05) is 18.2 Å². The number of anilines is 1. The highest BCUT2D eigenvalue weighted by Gasteiger charge is 2.11. The first kappa shape index (κ1) is 16.2. The van der Waals surface area contributed by atoms with Crippen LogP contribution in [0.4, 0.5) is 5.69 Å². The molecule has 1 atom stereocenters. The molecule has 0 aliphatic rings. The third kappa shape index (κ3) is 4.97. The fraction of sp³-hybridized carbons (Fsp3) is 0.333. The van der Waals surface area contributed by atoms with Gasteiger partial charge in [0, 0.05) is 43.5 Å². The summed E-state index contributed by atoms with van der Waals surface area (Å²) < 4.78 is 0. The molecule has 4 heteroatoms. The molecule has 116 valence electrons. The van der Waals surface area contributed by atoms with Crippen molar-refractivity contribution in [3.63, 3.8) is 0 Å². The number of pyridine rings is 1. The van der Waals surface area contributed by atoms with Crippen LogP contribution < -0.4 is 5.32 Å². The zero-order valence-electron chi connectivity index (χ0n) is 13.4. The maximum atomic E-state index is 11.0. The topological polar surface area (TPSA) is 45.2 Å². The Labute approximate surface area is 132 Å². The minimum Gasteiger partial charge on any atom is -0.326 e. The Bertz CT molecular complexity index is 595. The van der Waals surface area contributed by atoms with E-state index >= 15 is 0 Å². The van der Waals surface area contributed by atoms with Crippen LogP contribution in [0.2, 0.25) is 0 Å². The highest BCUT2D eigenvalue weighted by atomic mass is 16.1. The summed E-state index contributed by atoms with van der Waals surface area (Å²) in [6, 6.07) is 14.4. The lowest BCUT2D eigenvalue weighted by Crippen LogP contribution is -2.30. The maximum Gasteiger partial charge on any atom is 0.221 e. The van der Waals surface area contributed by atoms with Crippen molar-refractivity contribution in [3.05, 3.63) is 59.9 Å². The van der Waals surface area contributed by atoms with E-state index in [2.05, 4.69) is 47.4 Å². The molecule has 0 aliphatic heterocycles. The normalized spacial score (nSPS) is 12.2. The SMILES string of the molecule is CC(=O)Nc1ccc(CN(C)[C@@H](C)Cc2ccccn2)cc1. The van der Waals surface area contributed by atoms with Gasteiger partial charge in [0.25, 0.3) is 0 Å². The zero-order chi connectivity index (χ0) is 15.9. The van der Waals surface area contributed by atoms with E-state index in [9.17, 15) is 4.79 Å². The number of carbonyl (C=O) groups excluding carboxylic acids is 1. The second-order valence-electron chi connectivity index (χ2n) is 5.67. The Kier molecular flexibility index (Phi) is 5.67. The summed E-state index contributed by atoms with van der Waals surface area (Å²) >= 11 is 0. The van der Waals surface area contributed by atoms with Crippen molar-refractivity contribution in [2.45, 2.75) is 32.9 Å². The summed E-state index contributed by atoms with van der Waals surface area (Å²) in [5.74, 6) is -0.0474. The molecule has 4 nitrogen and oxygen atoms in total. The molecule has 0 saturated carbocycles. The average Bonchev–Trinajstić information content (AvgIpc) is 2.49. The number of nitrogens with one attached hydrogen (secondary N) is 1. The number of aromatic nitrogens is 1. The molecule has 0 saturated heterocycles. The Morgan fingerprint density at radius 2 is 1.95 bits per heavy atom. The number of likely N-dealkylation sites (N-methyl/N-ethyl adjacent to an activating group) is 1. The monoisotopic (exact) mass is 297 g/mol. The fourth-order valence-electron chi connectivity index (χ4n) is 2.32. The molecule has 0 aliphatic carbocycles.